The number of hydrogen-bond donors (Lipinski definition) is 2. The summed E-state index contributed by atoms with van der Waals surface area (Å²) >= 11 is 4.75. The molecule has 0 atom stereocenters. The van der Waals surface area contributed by atoms with Gasteiger partial charge in [-0.25, -0.2) is 0 Å². The van der Waals surface area contributed by atoms with E-state index in [1.165, 1.54) is 17.0 Å². The zero-order valence-electron chi connectivity index (χ0n) is 29.8. The van der Waals surface area contributed by atoms with Gasteiger partial charge in [-0.3, -0.25) is 9.78 Å². The van der Waals surface area contributed by atoms with E-state index in [1.54, 1.807) is 6.26 Å². The third-order valence-corrected chi connectivity index (χ3v) is 10.5. The maximum Gasteiger partial charge on any atom is 0.164 e. The summed E-state index contributed by atoms with van der Waals surface area (Å²) in [6, 6.07) is 24.3. The van der Waals surface area contributed by atoms with Gasteiger partial charge in [0.05, 0.1) is 6.26 Å². The minimum atomic E-state index is -0.337. The van der Waals surface area contributed by atoms with Crippen LogP contribution in [0, 0.1) is 16.9 Å². The Balaban J connectivity index is 0.000000301. The third-order valence-electron chi connectivity index (χ3n) is 10.1. The summed E-state index contributed by atoms with van der Waals surface area (Å²) in [5, 5.41) is 13.5. The van der Waals surface area contributed by atoms with Crippen LogP contribution in [0.2, 0.25) is 0 Å². The summed E-state index contributed by atoms with van der Waals surface area (Å²) in [6.45, 7) is 18.8. The van der Waals surface area contributed by atoms with Crippen molar-refractivity contribution in [3.8, 4) is 22.4 Å². The zero-order valence-corrected chi connectivity index (χ0v) is 33.1. The van der Waals surface area contributed by atoms with Crippen molar-refractivity contribution in [2.45, 2.75) is 98.3 Å². The molecule has 1 radical (unpaired) electrons. The molecule has 4 nitrogen and oxygen atoms in total. The number of aromatic nitrogens is 1. The van der Waals surface area contributed by atoms with Crippen molar-refractivity contribution in [3.05, 3.63) is 96.6 Å². The molecule has 0 unspecified atom stereocenters. The molecule has 0 spiro atoms. The number of benzene rings is 3. The van der Waals surface area contributed by atoms with Crippen LogP contribution in [-0.4, -0.2) is 15.9 Å². The van der Waals surface area contributed by atoms with Gasteiger partial charge < -0.3 is 9.52 Å². The fourth-order valence-electron chi connectivity index (χ4n) is 5.77. The Kier molecular flexibility index (Phi) is 13.1. The Hall–Kier alpha value is -3.18. The number of pyridine rings is 1. The number of thiol groups is 1. The molecular formula is C42H50IrNO3S-. The molecule has 0 aliphatic carbocycles. The predicted molar refractivity (Wildman–Crippen MR) is 200 cm³/mol. The number of ketones is 1. The van der Waals surface area contributed by atoms with Crippen molar-refractivity contribution >= 4 is 40.2 Å². The summed E-state index contributed by atoms with van der Waals surface area (Å²) in [5.74, 6) is 0.286. The van der Waals surface area contributed by atoms with Crippen LogP contribution >= 0.6 is 12.6 Å². The standard InChI is InChI=1S/C27H22NOS.C15H28O2.Ir/c1-27(2,3)22-16-19(15-18-7-4-5-8-20(18)22)25-21(9-6-13-28-25)24-23(30)11-10-17-12-14-29-26(17)24;1-7-14(5,8-2)12(16)11-13(17)15(6,9-3)10-4;/h4-14,16,30H,1-3H3;11,16H,7-10H2,1-6H3;/q-1;;/b;12-11-;. The monoisotopic (exact) mass is 841 g/mol. The molecule has 0 saturated heterocycles. The van der Waals surface area contributed by atoms with Gasteiger partial charge in [0.15, 0.2) is 5.78 Å². The molecule has 5 rings (SSSR count). The Labute approximate surface area is 306 Å². The molecule has 6 heteroatoms. The molecule has 0 bridgehead atoms. The second-order valence-electron chi connectivity index (χ2n) is 14.0. The first-order chi connectivity index (χ1) is 22.2. The van der Waals surface area contributed by atoms with Gasteiger partial charge in [0.1, 0.15) is 11.3 Å². The number of carbonyl (C=O) groups excluding carboxylic acids is 1. The molecule has 0 amide bonds. The van der Waals surface area contributed by atoms with Gasteiger partial charge in [0, 0.05) is 64.7 Å². The summed E-state index contributed by atoms with van der Waals surface area (Å²) in [7, 11) is 0. The first-order valence-electron chi connectivity index (χ1n) is 16.8. The molecule has 0 fully saturated rings. The van der Waals surface area contributed by atoms with E-state index < -0.39 is 0 Å². The van der Waals surface area contributed by atoms with Crippen molar-refractivity contribution in [2.24, 2.45) is 10.8 Å². The largest absolute Gasteiger partial charge is 0.512 e. The smallest absolute Gasteiger partial charge is 0.164 e. The van der Waals surface area contributed by atoms with Gasteiger partial charge in [-0.05, 0) is 60.9 Å². The van der Waals surface area contributed by atoms with Crippen LogP contribution in [0.1, 0.15) is 93.6 Å². The molecule has 3 aromatic carbocycles. The van der Waals surface area contributed by atoms with E-state index in [1.807, 2.05) is 72.0 Å². The minimum Gasteiger partial charge on any atom is -0.512 e. The summed E-state index contributed by atoms with van der Waals surface area (Å²) < 4.78 is 5.84. The van der Waals surface area contributed by atoms with Crippen molar-refractivity contribution in [3.63, 3.8) is 0 Å². The summed E-state index contributed by atoms with van der Waals surface area (Å²) in [4.78, 5) is 17.8. The van der Waals surface area contributed by atoms with E-state index in [2.05, 4.69) is 63.2 Å². The van der Waals surface area contributed by atoms with E-state index in [0.29, 0.717) is 0 Å². The third kappa shape index (κ3) is 8.16. The zero-order chi connectivity index (χ0) is 34.6. The number of rotatable bonds is 9. The summed E-state index contributed by atoms with van der Waals surface area (Å²) in [5.41, 5.74) is 5.32. The van der Waals surface area contributed by atoms with Crippen LogP contribution in [0.25, 0.3) is 44.1 Å². The minimum absolute atomic E-state index is 0. The molecule has 5 aromatic rings. The first-order valence-corrected chi connectivity index (χ1v) is 17.2. The average molecular weight is 841 g/mol. The quantitative estimate of drug-likeness (QED) is 0.0672. The van der Waals surface area contributed by atoms with Crippen LogP contribution in [0.15, 0.2) is 94.3 Å². The van der Waals surface area contributed by atoms with Crippen LogP contribution < -0.4 is 0 Å². The number of hydrogen-bond acceptors (Lipinski definition) is 5. The van der Waals surface area contributed by atoms with Gasteiger partial charge in [0.2, 0.25) is 0 Å². The van der Waals surface area contributed by atoms with Crippen molar-refractivity contribution < 1.29 is 34.4 Å². The molecule has 2 aromatic heterocycles. The SMILES string of the molecule is CC(C)(C)c1cc(-c2ncccc2-c2c(S)ccc3ccoc23)[c-]c2ccccc12.CCC(C)(CC)C(=O)/C=C(\O)C(C)(CC)CC.[Ir]. The topological polar surface area (TPSA) is 63.3 Å². The van der Waals surface area contributed by atoms with Crippen LogP contribution in [-0.2, 0) is 30.3 Å². The Morgan fingerprint density at radius 1 is 0.896 bits per heavy atom. The van der Waals surface area contributed by atoms with E-state index in [9.17, 15) is 9.90 Å². The first kappa shape index (κ1) is 39.3. The number of furan rings is 1. The fraction of sp³-hybridized carbons (Fsp3) is 0.381. The van der Waals surface area contributed by atoms with Crippen LogP contribution in [0.5, 0.6) is 0 Å². The van der Waals surface area contributed by atoms with E-state index in [4.69, 9.17) is 22.0 Å². The van der Waals surface area contributed by atoms with Crippen molar-refractivity contribution in [2.75, 3.05) is 0 Å². The number of fused-ring (bicyclic) bond motifs is 2. The second-order valence-corrected chi connectivity index (χ2v) is 14.5. The van der Waals surface area contributed by atoms with Gasteiger partial charge in [0.25, 0.3) is 0 Å². The predicted octanol–water partition coefficient (Wildman–Crippen LogP) is 12.3. The molecule has 257 valence electrons. The number of allylic oxidation sites excluding steroid dienone is 2. The van der Waals surface area contributed by atoms with Gasteiger partial charge in [-0.15, -0.1) is 41.8 Å². The normalized spacial score (nSPS) is 12.4. The van der Waals surface area contributed by atoms with Crippen LogP contribution in [0.3, 0.4) is 0 Å². The number of aliphatic hydroxyl groups is 1. The molecular weight excluding hydrogens is 791 g/mol. The van der Waals surface area contributed by atoms with E-state index in [-0.39, 0.29) is 47.9 Å². The van der Waals surface area contributed by atoms with E-state index in [0.717, 1.165) is 69.3 Å². The van der Waals surface area contributed by atoms with Crippen LogP contribution in [0.4, 0.5) is 0 Å². The van der Waals surface area contributed by atoms with E-state index >= 15 is 0 Å². The second kappa shape index (κ2) is 16.0. The molecule has 0 aliphatic heterocycles. The van der Waals surface area contributed by atoms with Crippen molar-refractivity contribution in [1.29, 1.82) is 0 Å². The molecule has 48 heavy (non-hydrogen) atoms. The maximum atomic E-state index is 12.2. The molecule has 0 aliphatic rings. The Bertz CT molecular complexity index is 1890. The Morgan fingerprint density at radius 3 is 2.17 bits per heavy atom. The van der Waals surface area contributed by atoms with Gasteiger partial charge >= 0.3 is 0 Å². The van der Waals surface area contributed by atoms with Crippen molar-refractivity contribution in [1.82, 2.24) is 4.98 Å². The average Bonchev–Trinajstić information content (AvgIpc) is 3.55. The van der Waals surface area contributed by atoms with Gasteiger partial charge in [-0.1, -0.05) is 97.5 Å². The molecule has 0 saturated carbocycles. The van der Waals surface area contributed by atoms with Gasteiger partial charge in [-0.2, -0.15) is 0 Å². The molecule has 2 heterocycles. The fourth-order valence-corrected chi connectivity index (χ4v) is 6.06. The number of aliphatic hydroxyl groups excluding tert-OH is 1. The molecule has 1 N–H and O–H groups in total. The summed E-state index contributed by atoms with van der Waals surface area (Å²) in [6.07, 6.45) is 8.31. The number of nitrogens with zero attached hydrogens (tertiary/aromatic N) is 1. The number of carbonyl (C=O) groups is 1. The maximum absolute atomic E-state index is 12.2. The Morgan fingerprint density at radius 2 is 1.54 bits per heavy atom.